The minimum absolute atomic E-state index is 0.130. The predicted molar refractivity (Wildman–Crippen MR) is 73.2 cm³/mol. The van der Waals surface area contributed by atoms with Crippen LogP contribution in [-0.2, 0) is 12.8 Å². The molecular weight excluding hydrogens is 278 g/mol. The lowest BCUT2D eigenvalue weighted by Crippen LogP contribution is -2.52. The molecule has 17 heavy (non-hydrogen) atoms. The van der Waals surface area contributed by atoms with Crippen molar-refractivity contribution in [3.8, 4) is 0 Å². The van der Waals surface area contributed by atoms with Crippen LogP contribution < -0.4 is 5.73 Å². The Balaban J connectivity index is 1.94. The molecule has 0 bridgehead atoms. The van der Waals surface area contributed by atoms with Crippen LogP contribution in [0.3, 0.4) is 0 Å². The van der Waals surface area contributed by atoms with Crippen molar-refractivity contribution in [2.45, 2.75) is 24.8 Å². The first-order valence-electron chi connectivity index (χ1n) is 5.92. The smallest absolute Gasteiger partial charge is 0.191 e. The highest BCUT2D eigenvalue weighted by molar-refractivity contribution is 9.10. The molecule has 4 heteroatoms. The third-order valence-corrected chi connectivity index (χ3v) is 4.63. The van der Waals surface area contributed by atoms with Gasteiger partial charge in [0.05, 0.1) is 12.1 Å². The summed E-state index contributed by atoms with van der Waals surface area (Å²) in [5, 5.41) is 0. The van der Waals surface area contributed by atoms with Crippen molar-refractivity contribution >= 4 is 21.9 Å². The normalized spacial score (nSPS) is 27.2. The second-order valence-electron chi connectivity index (χ2n) is 5.05. The number of guanidine groups is 1. The van der Waals surface area contributed by atoms with Gasteiger partial charge in [-0.25, -0.2) is 0 Å². The molecule has 1 spiro atoms. The van der Waals surface area contributed by atoms with E-state index < -0.39 is 0 Å². The number of rotatable bonds is 0. The van der Waals surface area contributed by atoms with Gasteiger partial charge in [0.25, 0.3) is 0 Å². The lowest BCUT2D eigenvalue weighted by molar-refractivity contribution is 0.207. The molecule has 0 amide bonds. The van der Waals surface area contributed by atoms with Crippen LogP contribution >= 0.6 is 15.9 Å². The summed E-state index contributed by atoms with van der Waals surface area (Å²) in [5.74, 6) is 0.686. The highest BCUT2D eigenvalue weighted by Crippen LogP contribution is 2.36. The highest BCUT2D eigenvalue weighted by atomic mass is 79.9. The van der Waals surface area contributed by atoms with E-state index in [9.17, 15) is 0 Å². The zero-order valence-electron chi connectivity index (χ0n) is 9.91. The molecule has 1 heterocycles. The Labute approximate surface area is 110 Å². The number of fused-ring (bicyclic) bond motifs is 1. The first-order chi connectivity index (χ1) is 8.11. The van der Waals surface area contributed by atoms with Gasteiger partial charge in [0, 0.05) is 11.5 Å². The minimum Gasteiger partial charge on any atom is -0.370 e. The molecule has 1 aromatic carbocycles. The maximum Gasteiger partial charge on any atom is 0.191 e. The van der Waals surface area contributed by atoms with Crippen LogP contribution in [0.5, 0.6) is 0 Å². The monoisotopic (exact) mass is 293 g/mol. The van der Waals surface area contributed by atoms with Crippen LogP contribution in [0.15, 0.2) is 27.7 Å². The molecule has 1 unspecified atom stereocenters. The maximum absolute atomic E-state index is 5.90. The zero-order chi connectivity index (χ0) is 12.0. The van der Waals surface area contributed by atoms with E-state index in [0.717, 1.165) is 25.8 Å². The zero-order valence-corrected chi connectivity index (χ0v) is 11.5. The Kier molecular flexibility index (Phi) is 2.43. The largest absolute Gasteiger partial charge is 0.370 e. The predicted octanol–water partition coefficient (Wildman–Crippen LogP) is 1.94. The third-order valence-electron chi connectivity index (χ3n) is 4.14. The van der Waals surface area contributed by atoms with E-state index in [0.29, 0.717) is 5.96 Å². The number of nitrogens with zero attached hydrogens (tertiary/aromatic N) is 2. The lowest BCUT2D eigenvalue weighted by Gasteiger charge is -2.40. The van der Waals surface area contributed by atoms with Crippen molar-refractivity contribution in [2.75, 3.05) is 13.6 Å². The first kappa shape index (κ1) is 11.1. The van der Waals surface area contributed by atoms with Gasteiger partial charge < -0.3 is 10.6 Å². The topological polar surface area (TPSA) is 41.6 Å². The van der Waals surface area contributed by atoms with E-state index in [-0.39, 0.29) is 5.54 Å². The molecule has 1 aliphatic carbocycles. The SMILES string of the molecule is CN1C(N)=NCC12CCc1cc(Br)ccc1C2. The number of nitrogens with two attached hydrogens (primary N) is 1. The molecule has 1 atom stereocenters. The van der Waals surface area contributed by atoms with Gasteiger partial charge in [0.1, 0.15) is 0 Å². The molecule has 90 valence electrons. The summed E-state index contributed by atoms with van der Waals surface area (Å²) >= 11 is 3.53. The Morgan fingerprint density at radius 3 is 2.94 bits per heavy atom. The number of hydrogen-bond donors (Lipinski definition) is 1. The van der Waals surface area contributed by atoms with Gasteiger partial charge in [-0.1, -0.05) is 22.0 Å². The summed E-state index contributed by atoms with van der Waals surface area (Å²) in [7, 11) is 2.07. The number of aliphatic imine (C=N–C) groups is 1. The van der Waals surface area contributed by atoms with E-state index in [1.807, 2.05) is 0 Å². The summed E-state index contributed by atoms with van der Waals surface area (Å²) in [5.41, 5.74) is 8.93. The maximum atomic E-state index is 5.90. The lowest BCUT2D eigenvalue weighted by atomic mass is 9.77. The van der Waals surface area contributed by atoms with Gasteiger partial charge in [0.2, 0.25) is 0 Å². The van der Waals surface area contributed by atoms with Gasteiger partial charge in [-0.05, 0) is 42.5 Å². The van der Waals surface area contributed by atoms with E-state index in [4.69, 9.17) is 5.73 Å². The molecule has 0 saturated carbocycles. The number of hydrogen-bond acceptors (Lipinski definition) is 3. The van der Waals surface area contributed by atoms with E-state index in [2.05, 4.69) is 51.1 Å². The van der Waals surface area contributed by atoms with Crippen LogP contribution in [0.4, 0.5) is 0 Å². The number of likely N-dealkylation sites (N-methyl/N-ethyl adjacent to an activating group) is 1. The second kappa shape index (κ2) is 3.73. The Hall–Kier alpha value is -1.03. The molecule has 1 aromatic rings. The van der Waals surface area contributed by atoms with Crippen LogP contribution in [0, 0.1) is 0 Å². The van der Waals surface area contributed by atoms with Crippen LogP contribution in [-0.4, -0.2) is 30.0 Å². The molecule has 0 fully saturated rings. The molecule has 0 radical (unpaired) electrons. The fourth-order valence-electron chi connectivity index (χ4n) is 2.91. The number of benzene rings is 1. The highest BCUT2D eigenvalue weighted by Gasteiger charge is 2.42. The molecule has 0 aromatic heterocycles. The molecule has 3 nitrogen and oxygen atoms in total. The van der Waals surface area contributed by atoms with Crippen molar-refractivity contribution in [3.05, 3.63) is 33.8 Å². The molecule has 0 saturated heterocycles. The molecular formula is C13H16BrN3. The molecule has 2 N–H and O–H groups in total. The van der Waals surface area contributed by atoms with Crippen molar-refractivity contribution in [1.29, 1.82) is 0 Å². The van der Waals surface area contributed by atoms with Crippen molar-refractivity contribution in [2.24, 2.45) is 10.7 Å². The number of aryl methyl sites for hydroxylation is 1. The average Bonchev–Trinajstić information content (AvgIpc) is 2.59. The summed E-state index contributed by atoms with van der Waals surface area (Å²) in [6.45, 7) is 0.838. The van der Waals surface area contributed by atoms with Crippen molar-refractivity contribution in [1.82, 2.24) is 4.90 Å². The fourth-order valence-corrected chi connectivity index (χ4v) is 3.32. The van der Waals surface area contributed by atoms with Gasteiger partial charge >= 0.3 is 0 Å². The second-order valence-corrected chi connectivity index (χ2v) is 5.96. The van der Waals surface area contributed by atoms with E-state index >= 15 is 0 Å². The Bertz CT molecular complexity index is 497. The van der Waals surface area contributed by atoms with Crippen LogP contribution in [0.2, 0.25) is 0 Å². The minimum atomic E-state index is 0.130. The average molecular weight is 294 g/mol. The quantitative estimate of drug-likeness (QED) is 0.794. The molecule has 2 aliphatic rings. The van der Waals surface area contributed by atoms with Gasteiger partial charge in [-0.3, -0.25) is 4.99 Å². The summed E-state index contributed by atoms with van der Waals surface area (Å²) in [6.07, 6.45) is 3.30. The summed E-state index contributed by atoms with van der Waals surface area (Å²) in [4.78, 5) is 6.56. The fraction of sp³-hybridized carbons (Fsp3) is 0.462. The Morgan fingerprint density at radius 1 is 1.41 bits per heavy atom. The van der Waals surface area contributed by atoms with E-state index in [1.54, 1.807) is 0 Å². The van der Waals surface area contributed by atoms with Gasteiger partial charge in [-0.2, -0.15) is 0 Å². The summed E-state index contributed by atoms with van der Waals surface area (Å²) in [6, 6.07) is 6.58. The van der Waals surface area contributed by atoms with Gasteiger partial charge in [-0.15, -0.1) is 0 Å². The number of halogens is 1. The van der Waals surface area contributed by atoms with Crippen molar-refractivity contribution < 1.29 is 0 Å². The first-order valence-corrected chi connectivity index (χ1v) is 6.71. The van der Waals surface area contributed by atoms with Crippen molar-refractivity contribution in [3.63, 3.8) is 0 Å². The molecule has 3 rings (SSSR count). The van der Waals surface area contributed by atoms with Crippen LogP contribution in [0.1, 0.15) is 17.5 Å². The Morgan fingerprint density at radius 2 is 2.24 bits per heavy atom. The summed E-state index contributed by atoms with van der Waals surface area (Å²) < 4.78 is 1.17. The third kappa shape index (κ3) is 1.66. The van der Waals surface area contributed by atoms with E-state index in [1.165, 1.54) is 15.6 Å². The molecule has 1 aliphatic heterocycles. The standard InChI is InChI=1S/C13H16BrN3/c1-17-12(15)16-8-13(17)5-4-9-6-11(14)3-2-10(9)7-13/h2-3,6H,4-5,7-8H2,1H3,(H2,15,16). The van der Waals surface area contributed by atoms with Gasteiger partial charge in [0.15, 0.2) is 5.96 Å². The van der Waals surface area contributed by atoms with Crippen LogP contribution in [0.25, 0.3) is 0 Å².